The molecule has 2 heterocycles. The number of nitriles is 1. The minimum absolute atomic E-state index is 0.0607. The summed E-state index contributed by atoms with van der Waals surface area (Å²) in [7, 11) is 1.91. The minimum atomic E-state index is -0.596. The van der Waals surface area contributed by atoms with Crippen LogP contribution in [0.15, 0.2) is 18.0 Å². The first kappa shape index (κ1) is 18.6. The normalized spacial score (nSPS) is 25.9. The number of Topliss-reactive ketones (excluding diaryl/α,β-unsaturated/α-hetero) is 1. The van der Waals surface area contributed by atoms with Gasteiger partial charge in [-0.25, -0.2) is 9.67 Å². The van der Waals surface area contributed by atoms with E-state index in [-0.39, 0.29) is 23.3 Å². The molecule has 0 saturated carbocycles. The predicted molar refractivity (Wildman–Crippen MR) is 104 cm³/mol. The van der Waals surface area contributed by atoms with Crippen LogP contribution in [-0.4, -0.2) is 30.3 Å². The fourth-order valence-electron chi connectivity index (χ4n) is 5.14. The molecule has 0 aromatic carbocycles. The molecule has 0 fully saturated rings. The summed E-state index contributed by atoms with van der Waals surface area (Å²) in [4.78, 5) is 17.3. The number of nitrogens with zero attached hydrogens (tertiary/aromatic N) is 6. The van der Waals surface area contributed by atoms with Gasteiger partial charge < -0.3 is 0 Å². The van der Waals surface area contributed by atoms with Gasteiger partial charge in [0.25, 0.3) is 0 Å². The first-order valence-corrected chi connectivity index (χ1v) is 9.77. The Morgan fingerprint density at radius 2 is 2.00 bits per heavy atom. The molecule has 0 saturated heterocycles. The Bertz CT molecular complexity index is 1050. The van der Waals surface area contributed by atoms with Crippen molar-refractivity contribution in [3.05, 3.63) is 29.2 Å². The number of carbonyl (C=O) groups excluding carboxylic acids is 1. The Hall–Kier alpha value is -2.75. The van der Waals surface area contributed by atoms with Crippen LogP contribution >= 0.6 is 0 Å². The van der Waals surface area contributed by atoms with Gasteiger partial charge in [-0.3, -0.25) is 9.48 Å². The van der Waals surface area contributed by atoms with Crippen LogP contribution in [0.5, 0.6) is 0 Å². The second-order valence-electron chi connectivity index (χ2n) is 9.04. The summed E-state index contributed by atoms with van der Waals surface area (Å²) >= 11 is 0. The van der Waals surface area contributed by atoms with E-state index in [0.29, 0.717) is 5.82 Å². The Labute approximate surface area is 165 Å². The lowest BCUT2D eigenvalue weighted by atomic mass is 9.52. The van der Waals surface area contributed by atoms with Gasteiger partial charge in [-0.15, -0.1) is 5.10 Å². The van der Waals surface area contributed by atoms with E-state index in [1.165, 1.54) is 0 Å². The molecule has 28 heavy (non-hydrogen) atoms. The van der Waals surface area contributed by atoms with Crippen molar-refractivity contribution in [1.29, 1.82) is 5.26 Å². The molecule has 2 aliphatic rings. The van der Waals surface area contributed by atoms with Crippen LogP contribution in [0.1, 0.15) is 58.3 Å². The summed E-state index contributed by atoms with van der Waals surface area (Å²) in [6, 6.07) is 2.35. The number of ketones is 1. The molecule has 7 nitrogen and oxygen atoms in total. The summed E-state index contributed by atoms with van der Waals surface area (Å²) in [5.74, 6) is 0.707. The Balaban J connectivity index is 1.91. The summed E-state index contributed by atoms with van der Waals surface area (Å²) < 4.78 is 3.69. The minimum Gasteiger partial charge on any atom is -0.293 e. The maximum Gasteiger partial charge on any atom is 0.199 e. The summed E-state index contributed by atoms with van der Waals surface area (Å²) in [5.41, 5.74) is 2.17. The third-order valence-corrected chi connectivity index (χ3v) is 6.58. The average Bonchev–Trinajstić information content (AvgIpc) is 3.23. The van der Waals surface area contributed by atoms with E-state index in [9.17, 15) is 10.1 Å². The van der Waals surface area contributed by atoms with Crippen molar-refractivity contribution in [2.75, 3.05) is 0 Å². The van der Waals surface area contributed by atoms with Crippen LogP contribution in [0.25, 0.3) is 11.5 Å². The topological polar surface area (TPSA) is 89.4 Å². The lowest BCUT2D eigenvalue weighted by molar-refractivity contribution is -0.128. The SMILES string of the molecule is CC(C)n1cnc(-c2c3c(nn2C)C2(C)C=C(C#N)C(=O)C(C)(C)C2CC3)n1. The van der Waals surface area contributed by atoms with E-state index in [4.69, 9.17) is 5.10 Å². The van der Waals surface area contributed by atoms with Crippen molar-refractivity contribution in [3.8, 4) is 17.6 Å². The van der Waals surface area contributed by atoms with Crippen molar-refractivity contribution in [2.24, 2.45) is 18.4 Å². The molecule has 0 radical (unpaired) electrons. The molecule has 2 aliphatic carbocycles. The van der Waals surface area contributed by atoms with Gasteiger partial charge in [0, 0.05) is 29.5 Å². The van der Waals surface area contributed by atoms with Crippen LogP contribution in [0.3, 0.4) is 0 Å². The number of fused-ring (bicyclic) bond motifs is 3. The summed E-state index contributed by atoms with van der Waals surface area (Å²) in [6.07, 6.45) is 5.28. The number of allylic oxidation sites excluding steroid dienone is 2. The number of hydrogen-bond acceptors (Lipinski definition) is 5. The maximum atomic E-state index is 12.8. The van der Waals surface area contributed by atoms with E-state index in [1.807, 2.05) is 36.3 Å². The van der Waals surface area contributed by atoms with E-state index in [1.54, 1.807) is 6.33 Å². The van der Waals surface area contributed by atoms with Crippen LogP contribution in [-0.2, 0) is 23.7 Å². The van der Waals surface area contributed by atoms with Crippen LogP contribution < -0.4 is 0 Å². The smallest absolute Gasteiger partial charge is 0.199 e. The molecule has 0 N–H and O–H groups in total. The second kappa shape index (κ2) is 5.87. The van der Waals surface area contributed by atoms with Gasteiger partial charge in [-0.1, -0.05) is 26.8 Å². The molecule has 2 unspecified atom stereocenters. The van der Waals surface area contributed by atoms with Gasteiger partial charge in [0.05, 0.1) is 11.3 Å². The maximum absolute atomic E-state index is 12.8. The Kier molecular flexibility index (Phi) is 3.90. The zero-order valence-corrected chi connectivity index (χ0v) is 17.3. The average molecular weight is 378 g/mol. The number of carbonyl (C=O) groups is 1. The molecular weight excluding hydrogens is 352 g/mol. The van der Waals surface area contributed by atoms with Gasteiger partial charge >= 0.3 is 0 Å². The van der Waals surface area contributed by atoms with Gasteiger partial charge in [0.1, 0.15) is 18.1 Å². The molecule has 2 atom stereocenters. The molecule has 146 valence electrons. The lowest BCUT2D eigenvalue weighted by Crippen LogP contribution is -2.51. The first-order valence-electron chi connectivity index (χ1n) is 9.77. The number of aromatic nitrogens is 5. The number of aryl methyl sites for hydroxylation is 1. The second-order valence-corrected chi connectivity index (χ2v) is 9.04. The van der Waals surface area contributed by atoms with Gasteiger partial charge in [-0.2, -0.15) is 10.4 Å². The highest BCUT2D eigenvalue weighted by atomic mass is 16.1. The zero-order chi connectivity index (χ0) is 20.4. The molecule has 2 aromatic rings. The van der Waals surface area contributed by atoms with E-state index in [2.05, 4.69) is 36.9 Å². The summed E-state index contributed by atoms with van der Waals surface area (Å²) in [6.45, 7) is 10.2. The summed E-state index contributed by atoms with van der Waals surface area (Å²) in [5, 5.41) is 19.1. The van der Waals surface area contributed by atoms with Crippen molar-refractivity contribution in [2.45, 2.75) is 58.9 Å². The van der Waals surface area contributed by atoms with Crippen molar-refractivity contribution in [3.63, 3.8) is 0 Å². The predicted octanol–water partition coefficient (Wildman–Crippen LogP) is 3.14. The highest BCUT2D eigenvalue weighted by Gasteiger charge is 2.55. The molecule has 0 bridgehead atoms. The van der Waals surface area contributed by atoms with Gasteiger partial charge in [0.2, 0.25) is 0 Å². The van der Waals surface area contributed by atoms with Crippen molar-refractivity contribution >= 4 is 5.78 Å². The number of rotatable bonds is 2. The largest absolute Gasteiger partial charge is 0.293 e. The Morgan fingerprint density at radius 1 is 1.29 bits per heavy atom. The Morgan fingerprint density at radius 3 is 2.61 bits per heavy atom. The highest BCUT2D eigenvalue weighted by Crippen LogP contribution is 2.55. The lowest BCUT2D eigenvalue weighted by Gasteiger charge is -2.49. The molecule has 0 amide bonds. The molecule has 2 aromatic heterocycles. The molecule has 7 heteroatoms. The van der Waals surface area contributed by atoms with Crippen LogP contribution in [0.4, 0.5) is 0 Å². The fourth-order valence-corrected chi connectivity index (χ4v) is 5.14. The molecule has 4 rings (SSSR count). The third-order valence-electron chi connectivity index (χ3n) is 6.58. The zero-order valence-electron chi connectivity index (χ0n) is 17.3. The standard InChI is InChI=1S/C21H26N6O/c1-12(2)27-11-23-19(25-27)16-14-7-8-15-20(3,4)18(28)13(10-22)9-21(15,5)17(14)24-26(16)6/h9,11-12,15H,7-8H2,1-6H3. The first-order chi connectivity index (χ1) is 13.1. The molecule has 0 aliphatic heterocycles. The van der Waals surface area contributed by atoms with Gasteiger partial charge in [-0.05, 0) is 32.6 Å². The van der Waals surface area contributed by atoms with E-state index >= 15 is 0 Å². The van der Waals surface area contributed by atoms with E-state index < -0.39 is 10.8 Å². The van der Waals surface area contributed by atoms with Crippen molar-refractivity contribution in [1.82, 2.24) is 24.5 Å². The monoisotopic (exact) mass is 378 g/mol. The molecule has 0 spiro atoms. The van der Waals surface area contributed by atoms with Crippen molar-refractivity contribution < 1.29 is 4.79 Å². The highest BCUT2D eigenvalue weighted by molar-refractivity contribution is 6.04. The third kappa shape index (κ3) is 2.33. The number of hydrogen-bond donors (Lipinski definition) is 0. The van der Waals surface area contributed by atoms with Crippen LogP contribution in [0, 0.1) is 22.7 Å². The molecular formula is C21H26N6O. The van der Waals surface area contributed by atoms with Crippen LogP contribution in [0.2, 0.25) is 0 Å². The quantitative estimate of drug-likeness (QED) is 0.801. The van der Waals surface area contributed by atoms with E-state index in [0.717, 1.165) is 29.8 Å². The van der Waals surface area contributed by atoms with Gasteiger partial charge in [0.15, 0.2) is 11.6 Å². The fraction of sp³-hybridized carbons (Fsp3) is 0.571.